The van der Waals surface area contributed by atoms with Crippen LogP contribution in [0.3, 0.4) is 0 Å². The third-order valence-electron chi connectivity index (χ3n) is 3.68. The molecule has 1 aromatic rings. The molecule has 0 unspecified atom stereocenters. The highest BCUT2D eigenvalue weighted by molar-refractivity contribution is 5.14. The van der Waals surface area contributed by atoms with Crippen LogP contribution in [0.25, 0.3) is 0 Å². The summed E-state index contributed by atoms with van der Waals surface area (Å²) >= 11 is 0. The van der Waals surface area contributed by atoms with Crippen molar-refractivity contribution in [2.45, 2.75) is 64.7 Å². The SMILES string of the molecule is CCCCCCCC=CCCC=COCCc1ccccc1. The second kappa shape index (κ2) is 14.4. The summed E-state index contributed by atoms with van der Waals surface area (Å²) in [7, 11) is 0. The highest BCUT2D eigenvalue weighted by Gasteiger charge is 1.89. The number of hydrogen-bond donors (Lipinski definition) is 0. The van der Waals surface area contributed by atoms with Crippen molar-refractivity contribution in [1.29, 1.82) is 0 Å². The van der Waals surface area contributed by atoms with Crippen LogP contribution in [0.15, 0.2) is 54.8 Å². The molecule has 0 atom stereocenters. The lowest BCUT2D eigenvalue weighted by molar-refractivity contribution is 0.252. The summed E-state index contributed by atoms with van der Waals surface area (Å²) in [6, 6.07) is 10.5. The van der Waals surface area contributed by atoms with Crippen LogP contribution in [0.5, 0.6) is 0 Å². The van der Waals surface area contributed by atoms with Gasteiger partial charge in [0.1, 0.15) is 0 Å². The van der Waals surface area contributed by atoms with Crippen molar-refractivity contribution in [2.75, 3.05) is 6.61 Å². The Morgan fingerprint density at radius 1 is 0.818 bits per heavy atom. The smallest absolute Gasteiger partial charge is 0.0913 e. The zero-order valence-corrected chi connectivity index (χ0v) is 14.2. The Morgan fingerprint density at radius 2 is 1.55 bits per heavy atom. The molecule has 0 radical (unpaired) electrons. The molecule has 1 aromatic carbocycles. The molecule has 0 aliphatic heterocycles. The summed E-state index contributed by atoms with van der Waals surface area (Å²) in [4.78, 5) is 0. The molecule has 0 saturated heterocycles. The number of allylic oxidation sites excluding steroid dienone is 3. The third-order valence-corrected chi connectivity index (χ3v) is 3.68. The molecule has 0 spiro atoms. The molecule has 1 nitrogen and oxygen atoms in total. The lowest BCUT2D eigenvalue weighted by Crippen LogP contribution is -1.92. The van der Waals surface area contributed by atoms with E-state index in [1.54, 1.807) is 0 Å². The van der Waals surface area contributed by atoms with E-state index < -0.39 is 0 Å². The summed E-state index contributed by atoms with van der Waals surface area (Å²) in [5, 5.41) is 0. The van der Waals surface area contributed by atoms with Crippen molar-refractivity contribution in [2.24, 2.45) is 0 Å². The molecular weight excluding hydrogens is 268 g/mol. The Morgan fingerprint density at radius 3 is 2.36 bits per heavy atom. The van der Waals surface area contributed by atoms with E-state index in [4.69, 9.17) is 4.74 Å². The summed E-state index contributed by atoms with van der Waals surface area (Å²) in [6.45, 7) is 3.02. The van der Waals surface area contributed by atoms with Crippen LogP contribution in [0.1, 0.15) is 63.9 Å². The lowest BCUT2D eigenvalue weighted by atomic mass is 10.1. The monoisotopic (exact) mass is 300 g/mol. The first kappa shape index (κ1) is 18.5. The fourth-order valence-corrected chi connectivity index (χ4v) is 2.32. The van der Waals surface area contributed by atoms with Crippen LogP contribution < -0.4 is 0 Å². The Hall–Kier alpha value is -1.50. The molecule has 0 aromatic heterocycles. The Bertz CT molecular complexity index is 392. The predicted molar refractivity (Wildman–Crippen MR) is 97.0 cm³/mol. The highest BCUT2D eigenvalue weighted by atomic mass is 16.5. The van der Waals surface area contributed by atoms with Gasteiger partial charge in [-0.25, -0.2) is 0 Å². The molecular formula is C21H32O. The molecule has 0 fully saturated rings. The van der Waals surface area contributed by atoms with Gasteiger partial charge in [-0.2, -0.15) is 0 Å². The summed E-state index contributed by atoms with van der Waals surface area (Å²) in [5.74, 6) is 0. The summed E-state index contributed by atoms with van der Waals surface area (Å²) in [5.41, 5.74) is 1.33. The Labute approximate surface area is 137 Å². The molecule has 0 N–H and O–H groups in total. The number of hydrogen-bond acceptors (Lipinski definition) is 1. The Kier molecular flexibility index (Phi) is 12.2. The number of unbranched alkanes of at least 4 members (excludes halogenated alkanes) is 6. The minimum atomic E-state index is 0.758. The van der Waals surface area contributed by atoms with Crippen LogP contribution in [0.4, 0.5) is 0 Å². The average Bonchev–Trinajstić information content (AvgIpc) is 2.56. The molecule has 1 rings (SSSR count). The average molecular weight is 300 g/mol. The van der Waals surface area contributed by atoms with Crippen molar-refractivity contribution < 1.29 is 4.74 Å². The summed E-state index contributed by atoms with van der Waals surface area (Å²) < 4.78 is 5.52. The van der Waals surface area contributed by atoms with Crippen molar-refractivity contribution >= 4 is 0 Å². The van der Waals surface area contributed by atoms with E-state index in [-0.39, 0.29) is 0 Å². The normalized spacial score (nSPS) is 11.5. The van der Waals surface area contributed by atoms with Gasteiger partial charge in [-0.3, -0.25) is 0 Å². The predicted octanol–water partition coefficient (Wildman–Crippen LogP) is 6.46. The van der Waals surface area contributed by atoms with E-state index in [9.17, 15) is 0 Å². The number of benzene rings is 1. The molecule has 0 amide bonds. The molecule has 1 heteroatoms. The van der Waals surface area contributed by atoms with Crippen LogP contribution in [-0.4, -0.2) is 6.61 Å². The van der Waals surface area contributed by atoms with Gasteiger partial charge in [-0.1, -0.05) is 75.1 Å². The van der Waals surface area contributed by atoms with Crippen LogP contribution in [-0.2, 0) is 11.2 Å². The van der Waals surface area contributed by atoms with Gasteiger partial charge >= 0.3 is 0 Å². The molecule has 122 valence electrons. The van der Waals surface area contributed by atoms with Gasteiger partial charge in [0.25, 0.3) is 0 Å². The van der Waals surface area contributed by atoms with Gasteiger partial charge < -0.3 is 4.74 Å². The maximum absolute atomic E-state index is 5.52. The first-order chi connectivity index (χ1) is 10.9. The van der Waals surface area contributed by atoms with E-state index in [2.05, 4.69) is 49.4 Å². The highest BCUT2D eigenvalue weighted by Crippen LogP contribution is 2.06. The first-order valence-corrected chi connectivity index (χ1v) is 8.89. The van der Waals surface area contributed by atoms with Gasteiger partial charge in [-0.15, -0.1) is 0 Å². The van der Waals surface area contributed by atoms with Gasteiger partial charge in [-0.05, 0) is 37.3 Å². The van der Waals surface area contributed by atoms with Gasteiger partial charge in [0.05, 0.1) is 12.9 Å². The quantitative estimate of drug-likeness (QED) is 0.231. The minimum Gasteiger partial charge on any atom is -0.501 e. The van der Waals surface area contributed by atoms with Crippen LogP contribution >= 0.6 is 0 Å². The standard InChI is InChI=1S/C21H32O/c1-2-3-4-5-6-7-8-9-10-11-15-19-22-20-18-21-16-13-12-14-17-21/h8-9,12-17,19H,2-7,10-11,18,20H2,1H3. The molecule has 0 heterocycles. The maximum atomic E-state index is 5.52. The largest absolute Gasteiger partial charge is 0.501 e. The van der Waals surface area contributed by atoms with E-state index in [0.29, 0.717) is 0 Å². The maximum Gasteiger partial charge on any atom is 0.0913 e. The fourth-order valence-electron chi connectivity index (χ4n) is 2.32. The molecule has 0 saturated carbocycles. The van der Waals surface area contributed by atoms with E-state index in [1.165, 1.54) is 44.1 Å². The molecule has 0 aliphatic carbocycles. The second-order valence-electron chi connectivity index (χ2n) is 5.73. The van der Waals surface area contributed by atoms with Gasteiger partial charge in [0.15, 0.2) is 0 Å². The van der Waals surface area contributed by atoms with Gasteiger partial charge in [0, 0.05) is 6.42 Å². The fraction of sp³-hybridized carbons (Fsp3) is 0.524. The van der Waals surface area contributed by atoms with Crippen molar-refractivity contribution in [3.63, 3.8) is 0 Å². The van der Waals surface area contributed by atoms with E-state index in [0.717, 1.165) is 25.9 Å². The lowest BCUT2D eigenvalue weighted by Gasteiger charge is -2.00. The van der Waals surface area contributed by atoms with E-state index >= 15 is 0 Å². The Balaban J connectivity index is 1.87. The van der Waals surface area contributed by atoms with Crippen LogP contribution in [0.2, 0.25) is 0 Å². The third kappa shape index (κ3) is 11.2. The van der Waals surface area contributed by atoms with Crippen molar-refractivity contribution in [3.05, 3.63) is 60.4 Å². The molecule has 0 bridgehead atoms. The molecule has 22 heavy (non-hydrogen) atoms. The minimum absolute atomic E-state index is 0.758. The molecule has 0 aliphatic rings. The van der Waals surface area contributed by atoms with E-state index in [1.807, 2.05) is 12.3 Å². The van der Waals surface area contributed by atoms with Gasteiger partial charge in [0.2, 0.25) is 0 Å². The summed E-state index contributed by atoms with van der Waals surface area (Å²) in [6.07, 6.45) is 19.8. The number of ether oxygens (including phenoxy) is 1. The number of rotatable bonds is 13. The zero-order valence-electron chi connectivity index (χ0n) is 14.2. The first-order valence-electron chi connectivity index (χ1n) is 8.89. The topological polar surface area (TPSA) is 9.23 Å². The van der Waals surface area contributed by atoms with Crippen LogP contribution in [0, 0.1) is 0 Å². The van der Waals surface area contributed by atoms with Crippen molar-refractivity contribution in [3.8, 4) is 0 Å². The zero-order chi connectivity index (χ0) is 15.7. The second-order valence-corrected chi connectivity index (χ2v) is 5.73. The van der Waals surface area contributed by atoms with Crippen molar-refractivity contribution in [1.82, 2.24) is 0 Å².